The fourth-order valence-electron chi connectivity index (χ4n) is 1.85. The first-order chi connectivity index (χ1) is 10.1. The molecule has 0 spiro atoms. The normalized spacial score (nSPS) is 10.1. The molecule has 2 rings (SSSR count). The van der Waals surface area contributed by atoms with E-state index in [1.54, 1.807) is 6.20 Å². The minimum Gasteiger partial charge on any atom is -0.381 e. The van der Waals surface area contributed by atoms with Crippen molar-refractivity contribution in [2.45, 2.75) is 12.8 Å². The van der Waals surface area contributed by atoms with Gasteiger partial charge in [-0.25, -0.2) is 4.98 Å². The van der Waals surface area contributed by atoms with Gasteiger partial charge < -0.3 is 16.0 Å². The summed E-state index contributed by atoms with van der Waals surface area (Å²) in [5.74, 6) is 1.69. The van der Waals surface area contributed by atoms with Crippen LogP contribution in [-0.2, 0) is 6.42 Å². The Morgan fingerprint density at radius 3 is 3.00 bits per heavy atom. The summed E-state index contributed by atoms with van der Waals surface area (Å²) in [5, 5.41) is 18.8. The molecule has 2 aromatic rings. The molecule has 8 heteroatoms. The van der Waals surface area contributed by atoms with Gasteiger partial charge in [0, 0.05) is 26.8 Å². The number of rotatable bonds is 6. The summed E-state index contributed by atoms with van der Waals surface area (Å²) in [6.45, 7) is 0.695. The molecule has 0 saturated carbocycles. The molecule has 0 radical (unpaired) electrons. The third-order valence-electron chi connectivity index (χ3n) is 2.97. The number of nitriles is 1. The Labute approximate surface area is 123 Å². The van der Waals surface area contributed by atoms with E-state index < -0.39 is 0 Å². The molecule has 0 unspecified atom stereocenters. The highest BCUT2D eigenvalue weighted by atomic mass is 15.2. The Hall–Kier alpha value is -2.82. The maximum absolute atomic E-state index is 8.97. The molecule has 2 aromatic heterocycles. The number of anilines is 3. The first-order valence-corrected chi connectivity index (χ1v) is 6.59. The Morgan fingerprint density at radius 2 is 2.29 bits per heavy atom. The number of hydrogen-bond acceptors (Lipinski definition) is 7. The summed E-state index contributed by atoms with van der Waals surface area (Å²) in [6, 6.07) is 3.90. The van der Waals surface area contributed by atoms with Gasteiger partial charge in [-0.15, -0.1) is 0 Å². The number of nitrogens with one attached hydrogen (secondary N) is 2. The van der Waals surface area contributed by atoms with Crippen molar-refractivity contribution in [3.63, 3.8) is 0 Å². The predicted octanol–water partition coefficient (Wildman–Crippen LogP) is 0.764. The van der Waals surface area contributed by atoms with Gasteiger partial charge in [-0.05, 0) is 18.9 Å². The first kappa shape index (κ1) is 14.6. The fraction of sp³-hybridized carbons (Fsp3) is 0.385. The number of nitrogen functional groups attached to an aromatic ring is 1. The SMILES string of the molecule is CN(C)c1ccnc(NCCCc2[nH]nc(N)c2C#N)n1. The highest BCUT2D eigenvalue weighted by molar-refractivity contribution is 5.50. The highest BCUT2D eigenvalue weighted by Gasteiger charge is 2.09. The van der Waals surface area contributed by atoms with Gasteiger partial charge in [-0.3, -0.25) is 5.10 Å². The Morgan fingerprint density at radius 1 is 1.48 bits per heavy atom. The molecule has 0 aromatic carbocycles. The van der Waals surface area contributed by atoms with E-state index in [-0.39, 0.29) is 5.82 Å². The zero-order valence-electron chi connectivity index (χ0n) is 12.1. The minimum absolute atomic E-state index is 0.252. The Kier molecular flexibility index (Phi) is 4.56. The highest BCUT2D eigenvalue weighted by Crippen LogP contribution is 2.13. The molecular formula is C13H18N8. The molecule has 4 N–H and O–H groups in total. The lowest BCUT2D eigenvalue weighted by atomic mass is 10.1. The molecular weight excluding hydrogens is 268 g/mol. The number of nitrogens with zero attached hydrogens (tertiary/aromatic N) is 5. The van der Waals surface area contributed by atoms with Crippen LogP contribution in [0.5, 0.6) is 0 Å². The van der Waals surface area contributed by atoms with E-state index >= 15 is 0 Å². The van der Waals surface area contributed by atoms with Gasteiger partial charge >= 0.3 is 0 Å². The fourth-order valence-corrected chi connectivity index (χ4v) is 1.85. The van der Waals surface area contributed by atoms with Crippen molar-refractivity contribution in [3.05, 3.63) is 23.5 Å². The van der Waals surface area contributed by atoms with Gasteiger partial charge in [0.05, 0.1) is 5.69 Å². The molecule has 0 amide bonds. The number of nitrogens with two attached hydrogens (primary N) is 1. The van der Waals surface area contributed by atoms with Crippen LogP contribution < -0.4 is 16.0 Å². The number of aromatic amines is 1. The molecule has 8 nitrogen and oxygen atoms in total. The van der Waals surface area contributed by atoms with Gasteiger partial charge in [-0.1, -0.05) is 0 Å². The summed E-state index contributed by atoms with van der Waals surface area (Å²) < 4.78 is 0. The summed E-state index contributed by atoms with van der Waals surface area (Å²) in [4.78, 5) is 10.4. The van der Waals surface area contributed by atoms with Crippen molar-refractivity contribution < 1.29 is 0 Å². The van der Waals surface area contributed by atoms with E-state index in [1.807, 2.05) is 25.1 Å². The monoisotopic (exact) mass is 286 g/mol. The van der Waals surface area contributed by atoms with Crippen LogP contribution in [-0.4, -0.2) is 40.8 Å². The molecule has 0 bridgehead atoms. The standard InChI is InChI=1S/C13H18N8/c1-21(2)11-5-7-17-13(18-11)16-6-3-4-10-9(8-14)12(15)20-19-10/h5,7H,3-4,6H2,1-2H3,(H3,15,19,20)(H,16,17,18). The lowest BCUT2D eigenvalue weighted by Crippen LogP contribution is -2.13. The molecule has 0 aliphatic heterocycles. The van der Waals surface area contributed by atoms with Crippen LogP contribution in [0.15, 0.2) is 12.3 Å². The minimum atomic E-state index is 0.252. The van der Waals surface area contributed by atoms with Gasteiger partial charge in [0.1, 0.15) is 17.5 Å². The zero-order chi connectivity index (χ0) is 15.2. The first-order valence-electron chi connectivity index (χ1n) is 6.59. The van der Waals surface area contributed by atoms with Crippen molar-refractivity contribution >= 4 is 17.6 Å². The maximum Gasteiger partial charge on any atom is 0.224 e. The lowest BCUT2D eigenvalue weighted by Gasteiger charge is -2.12. The van der Waals surface area contributed by atoms with Crippen molar-refractivity contribution in [1.82, 2.24) is 20.2 Å². The average molecular weight is 286 g/mol. The molecule has 0 aliphatic rings. The number of aryl methyl sites for hydroxylation is 1. The van der Waals surface area contributed by atoms with E-state index in [9.17, 15) is 0 Å². The second-order valence-corrected chi connectivity index (χ2v) is 4.74. The number of H-pyrrole nitrogens is 1. The summed E-state index contributed by atoms with van der Waals surface area (Å²) >= 11 is 0. The topological polar surface area (TPSA) is 120 Å². The smallest absolute Gasteiger partial charge is 0.224 e. The summed E-state index contributed by atoms with van der Waals surface area (Å²) in [7, 11) is 3.86. The summed E-state index contributed by atoms with van der Waals surface area (Å²) in [6.07, 6.45) is 3.22. The van der Waals surface area contributed by atoms with Crippen LogP contribution in [0.1, 0.15) is 17.7 Å². The molecule has 21 heavy (non-hydrogen) atoms. The van der Waals surface area contributed by atoms with E-state index in [2.05, 4.69) is 31.6 Å². The van der Waals surface area contributed by atoms with Crippen LogP contribution in [0.2, 0.25) is 0 Å². The van der Waals surface area contributed by atoms with Crippen LogP contribution in [0.4, 0.5) is 17.6 Å². The lowest BCUT2D eigenvalue weighted by molar-refractivity contribution is 0.818. The Bertz CT molecular complexity index is 640. The van der Waals surface area contributed by atoms with Crippen molar-refractivity contribution in [2.75, 3.05) is 36.6 Å². The number of aromatic nitrogens is 4. The van der Waals surface area contributed by atoms with E-state index in [0.29, 0.717) is 24.5 Å². The van der Waals surface area contributed by atoms with E-state index in [4.69, 9.17) is 11.0 Å². The molecule has 0 saturated heterocycles. The van der Waals surface area contributed by atoms with Crippen LogP contribution >= 0.6 is 0 Å². The zero-order valence-corrected chi connectivity index (χ0v) is 12.1. The van der Waals surface area contributed by atoms with Gasteiger partial charge in [-0.2, -0.15) is 15.3 Å². The van der Waals surface area contributed by atoms with Gasteiger partial charge in [0.25, 0.3) is 0 Å². The predicted molar refractivity (Wildman–Crippen MR) is 80.9 cm³/mol. The molecule has 2 heterocycles. The quantitative estimate of drug-likeness (QED) is 0.671. The van der Waals surface area contributed by atoms with E-state index in [0.717, 1.165) is 17.9 Å². The Balaban J connectivity index is 1.85. The van der Waals surface area contributed by atoms with Gasteiger partial charge in [0.2, 0.25) is 5.95 Å². The number of hydrogen-bond donors (Lipinski definition) is 3. The second kappa shape index (κ2) is 6.56. The molecule has 0 atom stereocenters. The summed E-state index contributed by atoms with van der Waals surface area (Å²) in [5.41, 5.74) is 6.78. The van der Waals surface area contributed by atoms with Crippen LogP contribution in [0, 0.1) is 11.3 Å². The van der Waals surface area contributed by atoms with Crippen molar-refractivity contribution in [2.24, 2.45) is 0 Å². The average Bonchev–Trinajstić information content (AvgIpc) is 2.84. The van der Waals surface area contributed by atoms with Crippen LogP contribution in [0.25, 0.3) is 0 Å². The maximum atomic E-state index is 8.97. The largest absolute Gasteiger partial charge is 0.381 e. The second-order valence-electron chi connectivity index (χ2n) is 4.74. The molecule has 0 fully saturated rings. The third-order valence-corrected chi connectivity index (χ3v) is 2.97. The van der Waals surface area contributed by atoms with Crippen molar-refractivity contribution in [1.29, 1.82) is 5.26 Å². The van der Waals surface area contributed by atoms with E-state index in [1.165, 1.54) is 0 Å². The molecule has 0 aliphatic carbocycles. The van der Waals surface area contributed by atoms with Gasteiger partial charge in [0.15, 0.2) is 5.82 Å². The van der Waals surface area contributed by atoms with Crippen LogP contribution in [0.3, 0.4) is 0 Å². The third kappa shape index (κ3) is 3.60. The molecule has 110 valence electrons. The van der Waals surface area contributed by atoms with Crippen molar-refractivity contribution in [3.8, 4) is 6.07 Å².